The number of hydrogen-bond donors (Lipinski definition) is 0. The van der Waals surface area contributed by atoms with E-state index in [0.29, 0.717) is 10.5 Å². The largest absolute Gasteiger partial charge is 0.119 e. The zero-order valence-electron chi connectivity index (χ0n) is 12.2. The van der Waals surface area contributed by atoms with Gasteiger partial charge in [-0.15, -0.1) is 23.5 Å². The standard InChI is InChI=1S/C12H14S10/c1-5(2)15-7-9(13)17-19-11(7)21-22-12-8(16-6(3)4)10(14)18-20-12/h5-6H,1-4H3. The SMILES string of the molecule is CC(C)Sc1c(SSc2ssc(=S)c2SC(C)C)ssc1=S. The van der Waals surface area contributed by atoms with E-state index in [0.717, 1.165) is 7.65 Å². The normalized spacial score (nSPS) is 11.7. The Balaban J connectivity index is 2.14. The van der Waals surface area contributed by atoms with Crippen LogP contribution in [0.1, 0.15) is 27.7 Å². The van der Waals surface area contributed by atoms with Crippen LogP contribution in [0, 0.1) is 7.65 Å². The Morgan fingerprint density at radius 1 is 0.682 bits per heavy atom. The number of thioether (sulfide) groups is 2. The molecular formula is C12H14S10. The molecule has 0 atom stereocenters. The van der Waals surface area contributed by atoms with E-state index in [1.807, 2.05) is 45.1 Å². The van der Waals surface area contributed by atoms with Gasteiger partial charge in [-0.2, -0.15) is 0 Å². The van der Waals surface area contributed by atoms with Crippen molar-refractivity contribution in [2.45, 2.75) is 56.4 Å². The maximum absolute atomic E-state index is 5.48. The Morgan fingerprint density at radius 3 is 1.36 bits per heavy atom. The Morgan fingerprint density at radius 2 is 1.05 bits per heavy atom. The monoisotopic (exact) mass is 478 g/mol. The highest BCUT2D eigenvalue weighted by Gasteiger charge is 2.16. The fraction of sp³-hybridized carbons (Fsp3) is 0.500. The van der Waals surface area contributed by atoms with Gasteiger partial charge >= 0.3 is 0 Å². The summed E-state index contributed by atoms with van der Waals surface area (Å²) in [4.78, 5) is 2.57. The molecule has 0 radical (unpaired) electrons. The summed E-state index contributed by atoms with van der Waals surface area (Å²) in [5.41, 5.74) is 0. The van der Waals surface area contributed by atoms with Crippen molar-refractivity contribution in [3.8, 4) is 0 Å². The minimum atomic E-state index is 0.558. The van der Waals surface area contributed by atoms with Gasteiger partial charge in [-0.1, -0.05) is 93.5 Å². The molecule has 10 heteroatoms. The first-order chi connectivity index (χ1) is 10.4. The third-order valence-electron chi connectivity index (χ3n) is 2.03. The second-order valence-electron chi connectivity index (χ2n) is 4.64. The van der Waals surface area contributed by atoms with E-state index < -0.39 is 0 Å². The van der Waals surface area contributed by atoms with Gasteiger partial charge in [-0.05, 0) is 21.6 Å². The highest BCUT2D eigenvalue weighted by Crippen LogP contribution is 2.52. The van der Waals surface area contributed by atoms with Crippen LogP contribution in [0.2, 0.25) is 0 Å². The zero-order valence-corrected chi connectivity index (χ0v) is 20.4. The van der Waals surface area contributed by atoms with Crippen molar-refractivity contribution < 1.29 is 0 Å². The molecule has 0 aromatic carbocycles. The van der Waals surface area contributed by atoms with Gasteiger partial charge in [0, 0.05) is 10.5 Å². The Hall–Kier alpha value is 1.94. The van der Waals surface area contributed by atoms with Crippen LogP contribution >= 0.6 is 111 Å². The van der Waals surface area contributed by atoms with Crippen molar-refractivity contribution in [3.63, 3.8) is 0 Å². The Labute approximate surface area is 173 Å². The molecule has 0 saturated heterocycles. The predicted molar refractivity (Wildman–Crippen MR) is 120 cm³/mol. The molecule has 0 bridgehead atoms. The smallest absolute Gasteiger partial charge is 0.116 e. The molecule has 0 aliphatic carbocycles. The van der Waals surface area contributed by atoms with Gasteiger partial charge in [-0.3, -0.25) is 0 Å². The van der Waals surface area contributed by atoms with Gasteiger partial charge in [0.1, 0.15) is 7.65 Å². The molecule has 0 nitrogen and oxygen atoms in total. The molecule has 0 spiro atoms. The molecule has 2 aromatic heterocycles. The van der Waals surface area contributed by atoms with Crippen molar-refractivity contribution in [1.82, 2.24) is 0 Å². The minimum absolute atomic E-state index is 0.558. The molecule has 0 saturated carbocycles. The molecule has 122 valence electrons. The molecule has 2 aromatic rings. The molecule has 0 aliphatic heterocycles. The van der Waals surface area contributed by atoms with Gasteiger partial charge in [0.05, 0.1) is 18.2 Å². The summed E-state index contributed by atoms with van der Waals surface area (Å²) in [5.74, 6) is 0. The summed E-state index contributed by atoms with van der Waals surface area (Å²) < 4.78 is 4.73. The van der Waals surface area contributed by atoms with Crippen molar-refractivity contribution in [3.05, 3.63) is 7.65 Å². The van der Waals surface area contributed by atoms with Crippen LogP contribution in [0.4, 0.5) is 0 Å². The van der Waals surface area contributed by atoms with Gasteiger partial charge in [0.15, 0.2) is 0 Å². The van der Waals surface area contributed by atoms with Crippen LogP contribution in [0.5, 0.6) is 0 Å². The maximum atomic E-state index is 5.48. The van der Waals surface area contributed by atoms with Gasteiger partial charge in [0.25, 0.3) is 0 Å². The first kappa shape index (κ1) is 20.3. The van der Waals surface area contributed by atoms with Crippen LogP contribution in [0.3, 0.4) is 0 Å². The fourth-order valence-electron chi connectivity index (χ4n) is 1.31. The number of rotatable bonds is 7. The molecule has 0 amide bonds. The van der Waals surface area contributed by atoms with Crippen LogP contribution in [0.25, 0.3) is 0 Å². The van der Waals surface area contributed by atoms with E-state index in [1.54, 1.807) is 41.4 Å². The number of hydrogen-bond acceptors (Lipinski definition) is 10. The summed E-state index contributed by atoms with van der Waals surface area (Å²) >= 11 is 14.7. The highest BCUT2D eigenvalue weighted by atomic mass is 33.1. The quantitative estimate of drug-likeness (QED) is 0.219. The van der Waals surface area contributed by atoms with E-state index in [2.05, 4.69) is 27.7 Å². The summed E-state index contributed by atoms with van der Waals surface area (Å²) in [6.45, 7) is 8.85. The summed E-state index contributed by atoms with van der Waals surface area (Å²) in [7, 11) is 10.7. The van der Waals surface area contributed by atoms with E-state index >= 15 is 0 Å². The van der Waals surface area contributed by atoms with E-state index in [1.165, 1.54) is 18.2 Å². The second-order valence-corrected chi connectivity index (χ2v) is 16.1. The van der Waals surface area contributed by atoms with Crippen LogP contribution in [0.15, 0.2) is 18.2 Å². The van der Waals surface area contributed by atoms with Gasteiger partial charge in [0.2, 0.25) is 0 Å². The first-order valence-corrected chi connectivity index (χ1v) is 15.3. The molecule has 2 rings (SSSR count). The fourth-order valence-corrected chi connectivity index (χ4v) is 14.7. The Kier molecular flexibility index (Phi) is 8.83. The summed E-state index contributed by atoms with van der Waals surface area (Å²) in [6.07, 6.45) is 0. The lowest BCUT2D eigenvalue weighted by atomic mass is 10.6. The predicted octanol–water partition coefficient (Wildman–Crippen LogP) is 9.19. The minimum Gasteiger partial charge on any atom is -0.119 e. The van der Waals surface area contributed by atoms with Crippen LogP contribution in [-0.2, 0) is 0 Å². The molecule has 2 heterocycles. The first-order valence-electron chi connectivity index (χ1n) is 6.32. The third-order valence-corrected chi connectivity index (χ3v) is 15.2. The van der Waals surface area contributed by atoms with Crippen LogP contribution in [-0.4, -0.2) is 10.5 Å². The van der Waals surface area contributed by atoms with E-state index in [4.69, 9.17) is 24.4 Å². The van der Waals surface area contributed by atoms with E-state index in [9.17, 15) is 0 Å². The summed E-state index contributed by atoms with van der Waals surface area (Å²) in [5, 5.41) is 1.12. The molecule has 0 unspecified atom stereocenters. The lowest BCUT2D eigenvalue weighted by molar-refractivity contribution is 1.10. The highest BCUT2D eigenvalue weighted by molar-refractivity contribution is 8.77. The van der Waals surface area contributed by atoms with Gasteiger partial charge < -0.3 is 0 Å². The molecule has 22 heavy (non-hydrogen) atoms. The average molecular weight is 479 g/mol. The molecule has 0 N–H and O–H groups in total. The maximum Gasteiger partial charge on any atom is 0.116 e. The molecule has 0 fully saturated rings. The topological polar surface area (TPSA) is 0 Å². The van der Waals surface area contributed by atoms with Crippen molar-refractivity contribution in [1.29, 1.82) is 0 Å². The van der Waals surface area contributed by atoms with Crippen molar-refractivity contribution in [2.75, 3.05) is 0 Å². The summed E-state index contributed by atoms with van der Waals surface area (Å²) in [6, 6.07) is 0. The second kappa shape index (κ2) is 9.59. The average Bonchev–Trinajstić information content (AvgIpc) is 2.93. The van der Waals surface area contributed by atoms with Crippen molar-refractivity contribution >= 4 is 111 Å². The molecular weight excluding hydrogens is 465 g/mol. The third kappa shape index (κ3) is 5.74. The Bertz CT molecular complexity index is 651. The zero-order chi connectivity index (χ0) is 16.3. The lowest BCUT2D eigenvalue weighted by Gasteiger charge is -2.06. The lowest BCUT2D eigenvalue weighted by Crippen LogP contribution is -1.85. The van der Waals surface area contributed by atoms with Gasteiger partial charge in [-0.25, -0.2) is 0 Å². The molecule has 0 aliphatic rings. The van der Waals surface area contributed by atoms with Crippen LogP contribution < -0.4 is 0 Å². The van der Waals surface area contributed by atoms with E-state index in [-0.39, 0.29) is 0 Å². The van der Waals surface area contributed by atoms with Crippen molar-refractivity contribution in [2.24, 2.45) is 0 Å².